The average Bonchev–Trinajstić information content (AvgIpc) is 2.52. The van der Waals surface area contributed by atoms with E-state index in [2.05, 4.69) is 36.4 Å². The van der Waals surface area contributed by atoms with Gasteiger partial charge in [-0.15, -0.1) is 0 Å². The fourth-order valence-electron chi connectivity index (χ4n) is 1.99. The van der Waals surface area contributed by atoms with Gasteiger partial charge in [0.15, 0.2) is 0 Å². The van der Waals surface area contributed by atoms with Crippen LogP contribution in [0.1, 0.15) is 11.1 Å². The quantitative estimate of drug-likeness (QED) is 0.753. The first-order valence-corrected chi connectivity index (χ1v) is 7.83. The number of rotatable bonds is 8. The minimum Gasteiger partial charge on any atom is -0.489 e. The SMILES string of the molecule is CN(C)CCNCc1ccc(OCc2ccc(Cl)cc2)cc1. The highest BCUT2D eigenvalue weighted by molar-refractivity contribution is 6.30. The largest absolute Gasteiger partial charge is 0.489 e. The van der Waals surface area contributed by atoms with E-state index in [-0.39, 0.29) is 0 Å². The van der Waals surface area contributed by atoms with Gasteiger partial charge in [-0.05, 0) is 49.5 Å². The second kappa shape index (κ2) is 8.79. The number of halogens is 1. The molecule has 22 heavy (non-hydrogen) atoms. The van der Waals surface area contributed by atoms with Gasteiger partial charge in [-0.25, -0.2) is 0 Å². The Morgan fingerprint density at radius 2 is 1.59 bits per heavy atom. The molecular weight excluding hydrogens is 296 g/mol. The summed E-state index contributed by atoms with van der Waals surface area (Å²) in [7, 11) is 4.16. The summed E-state index contributed by atoms with van der Waals surface area (Å²) in [4.78, 5) is 2.17. The second-order valence-electron chi connectivity index (χ2n) is 5.54. The van der Waals surface area contributed by atoms with E-state index in [1.807, 2.05) is 36.4 Å². The Labute approximate surface area is 137 Å². The zero-order chi connectivity index (χ0) is 15.8. The number of hydrogen-bond donors (Lipinski definition) is 1. The Morgan fingerprint density at radius 1 is 0.955 bits per heavy atom. The standard InChI is InChI=1S/C18H23ClN2O/c1-21(2)12-11-20-13-15-5-9-18(10-6-15)22-14-16-3-7-17(19)8-4-16/h3-10,20H,11-14H2,1-2H3. The molecule has 0 spiro atoms. The second-order valence-corrected chi connectivity index (χ2v) is 5.98. The lowest BCUT2D eigenvalue weighted by molar-refractivity contribution is 0.306. The molecule has 0 atom stereocenters. The Balaban J connectivity index is 1.75. The molecule has 0 saturated carbocycles. The van der Waals surface area contributed by atoms with Crippen molar-refractivity contribution in [3.05, 3.63) is 64.7 Å². The van der Waals surface area contributed by atoms with Crippen molar-refractivity contribution in [1.82, 2.24) is 10.2 Å². The topological polar surface area (TPSA) is 24.5 Å². The molecule has 0 saturated heterocycles. The third-order valence-electron chi connectivity index (χ3n) is 3.31. The summed E-state index contributed by atoms with van der Waals surface area (Å²) in [6, 6.07) is 15.9. The summed E-state index contributed by atoms with van der Waals surface area (Å²) in [5, 5.41) is 4.17. The molecule has 0 unspecified atom stereocenters. The monoisotopic (exact) mass is 318 g/mol. The van der Waals surface area contributed by atoms with Gasteiger partial charge in [0, 0.05) is 24.7 Å². The molecule has 0 aliphatic carbocycles. The first-order valence-electron chi connectivity index (χ1n) is 7.45. The molecule has 118 valence electrons. The molecule has 1 N–H and O–H groups in total. The lowest BCUT2D eigenvalue weighted by Gasteiger charge is -2.11. The zero-order valence-corrected chi connectivity index (χ0v) is 13.9. The van der Waals surface area contributed by atoms with Crippen molar-refractivity contribution >= 4 is 11.6 Å². The Bertz CT molecular complexity index is 552. The fourth-order valence-corrected chi connectivity index (χ4v) is 2.11. The van der Waals surface area contributed by atoms with Gasteiger partial charge in [0.2, 0.25) is 0 Å². The molecule has 0 radical (unpaired) electrons. The molecule has 0 aliphatic rings. The zero-order valence-electron chi connectivity index (χ0n) is 13.2. The van der Waals surface area contributed by atoms with E-state index in [0.717, 1.165) is 36.0 Å². The molecule has 0 heterocycles. The predicted octanol–water partition coefficient (Wildman–Crippen LogP) is 3.57. The summed E-state index contributed by atoms with van der Waals surface area (Å²) < 4.78 is 5.77. The smallest absolute Gasteiger partial charge is 0.119 e. The predicted molar refractivity (Wildman–Crippen MR) is 92.5 cm³/mol. The molecule has 0 bridgehead atoms. The van der Waals surface area contributed by atoms with Gasteiger partial charge in [0.05, 0.1) is 0 Å². The summed E-state index contributed by atoms with van der Waals surface area (Å²) in [5.41, 5.74) is 2.37. The summed E-state index contributed by atoms with van der Waals surface area (Å²) >= 11 is 5.87. The number of benzene rings is 2. The van der Waals surface area contributed by atoms with Crippen LogP contribution in [0.3, 0.4) is 0 Å². The van der Waals surface area contributed by atoms with Crippen LogP contribution < -0.4 is 10.1 Å². The van der Waals surface area contributed by atoms with Crippen LogP contribution in [0.4, 0.5) is 0 Å². The highest BCUT2D eigenvalue weighted by atomic mass is 35.5. The Hall–Kier alpha value is -1.55. The van der Waals surface area contributed by atoms with E-state index in [1.165, 1.54) is 5.56 Å². The van der Waals surface area contributed by atoms with Crippen molar-refractivity contribution < 1.29 is 4.74 Å². The molecule has 0 fully saturated rings. The number of hydrogen-bond acceptors (Lipinski definition) is 3. The van der Waals surface area contributed by atoms with Gasteiger partial charge in [-0.3, -0.25) is 0 Å². The number of nitrogens with zero attached hydrogens (tertiary/aromatic N) is 1. The summed E-state index contributed by atoms with van der Waals surface area (Å²) in [6.07, 6.45) is 0. The third-order valence-corrected chi connectivity index (χ3v) is 3.56. The summed E-state index contributed by atoms with van der Waals surface area (Å²) in [5.74, 6) is 0.881. The van der Waals surface area contributed by atoms with Crippen LogP contribution in [0.25, 0.3) is 0 Å². The van der Waals surface area contributed by atoms with Crippen molar-refractivity contribution in [2.75, 3.05) is 27.2 Å². The van der Waals surface area contributed by atoms with Crippen LogP contribution in [0.15, 0.2) is 48.5 Å². The fraction of sp³-hybridized carbons (Fsp3) is 0.333. The lowest BCUT2D eigenvalue weighted by atomic mass is 10.2. The lowest BCUT2D eigenvalue weighted by Crippen LogP contribution is -2.26. The first kappa shape index (κ1) is 16.8. The van der Waals surface area contributed by atoms with Gasteiger partial charge < -0.3 is 15.0 Å². The first-order chi connectivity index (χ1) is 10.6. The molecular formula is C18H23ClN2O. The molecule has 0 aliphatic heterocycles. The van der Waals surface area contributed by atoms with Crippen LogP contribution in [-0.4, -0.2) is 32.1 Å². The molecule has 0 aromatic heterocycles. The number of ether oxygens (including phenoxy) is 1. The van der Waals surface area contributed by atoms with E-state index in [4.69, 9.17) is 16.3 Å². The van der Waals surface area contributed by atoms with E-state index >= 15 is 0 Å². The number of nitrogens with one attached hydrogen (secondary N) is 1. The Morgan fingerprint density at radius 3 is 2.23 bits per heavy atom. The van der Waals surface area contributed by atoms with Crippen LogP contribution in [0.2, 0.25) is 5.02 Å². The third kappa shape index (κ3) is 6.06. The highest BCUT2D eigenvalue weighted by Crippen LogP contribution is 2.15. The molecule has 2 aromatic rings. The van der Waals surface area contributed by atoms with Crippen molar-refractivity contribution in [1.29, 1.82) is 0 Å². The van der Waals surface area contributed by atoms with Gasteiger partial charge in [0.1, 0.15) is 12.4 Å². The minimum atomic E-state index is 0.553. The van der Waals surface area contributed by atoms with Crippen LogP contribution >= 0.6 is 11.6 Å². The molecule has 0 amide bonds. The highest BCUT2D eigenvalue weighted by Gasteiger charge is 1.98. The van der Waals surface area contributed by atoms with Crippen LogP contribution in [-0.2, 0) is 13.2 Å². The number of likely N-dealkylation sites (N-methyl/N-ethyl adjacent to an activating group) is 1. The molecule has 3 nitrogen and oxygen atoms in total. The maximum absolute atomic E-state index is 5.87. The molecule has 4 heteroatoms. The van der Waals surface area contributed by atoms with Crippen LogP contribution in [0.5, 0.6) is 5.75 Å². The van der Waals surface area contributed by atoms with E-state index in [1.54, 1.807) is 0 Å². The van der Waals surface area contributed by atoms with Gasteiger partial charge in [0.25, 0.3) is 0 Å². The van der Waals surface area contributed by atoms with Crippen LogP contribution in [0, 0.1) is 0 Å². The maximum Gasteiger partial charge on any atom is 0.119 e. The van der Waals surface area contributed by atoms with Gasteiger partial charge >= 0.3 is 0 Å². The minimum absolute atomic E-state index is 0.553. The normalized spacial score (nSPS) is 10.9. The van der Waals surface area contributed by atoms with Crippen molar-refractivity contribution in [2.45, 2.75) is 13.2 Å². The Kier molecular flexibility index (Phi) is 6.72. The van der Waals surface area contributed by atoms with Gasteiger partial charge in [-0.1, -0.05) is 35.9 Å². The molecule has 2 rings (SSSR count). The van der Waals surface area contributed by atoms with Crippen molar-refractivity contribution in [3.8, 4) is 5.75 Å². The van der Waals surface area contributed by atoms with Crippen molar-refractivity contribution in [2.24, 2.45) is 0 Å². The maximum atomic E-state index is 5.87. The summed E-state index contributed by atoms with van der Waals surface area (Å²) in [6.45, 7) is 3.47. The van der Waals surface area contributed by atoms with E-state index in [0.29, 0.717) is 6.61 Å². The van der Waals surface area contributed by atoms with E-state index in [9.17, 15) is 0 Å². The molecule has 2 aromatic carbocycles. The van der Waals surface area contributed by atoms with E-state index < -0.39 is 0 Å². The van der Waals surface area contributed by atoms with Gasteiger partial charge in [-0.2, -0.15) is 0 Å². The van der Waals surface area contributed by atoms with Crippen molar-refractivity contribution in [3.63, 3.8) is 0 Å². The average molecular weight is 319 g/mol.